The number of Topliss-reactive ketones (excluding diaryl/α,β-unsaturated/α-hetero) is 1. The molecule has 23 heavy (non-hydrogen) atoms. The molecule has 0 aliphatic carbocycles. The van der Waals surface area contributed by atoms with E-state index in [0.29, 0.717) is 5.78 Å². The molecule has 2 N–H and O–H groups in total. The van der Waals surface area contributed by atoms with Crippen LogP contribution in [0.25, 0.3) is 10.8 Å². The number of hydrogen-bond acceptors (Lipinski definition) is 3. The molecule has 2 aromatic rings. The maximum absolute atomic E-state index is 10.6. The van der Waals surface area contributed by atoms with Gasteiger partial charge in [0.2, 0.25) is 0 Å². The second-order valence-corrected chi connectivity index (χ2v) is 5.18. The number of benzene rings is 2. The molecule has 0 saturated heterocycles. The third-order valence-electron chi connectivity index (χ3n) is 3.56. The molecule has 0 aliphatic heterocycles. The Hall–Kier alpha value is -1.71. The minimum absolute atomic E-state index is 0.303. The number of hydrogen-bond donors (Lipinski definition) is 1. The SMILES string of the molecule is CCN(CC)CCCC(C)=O.CN.c1ccc2ccccc2c1. The van der Waals surface area contributed by atoms with Gasteiger partial charge in [-0.15, -0.1) is 0 Å². The average molecular weight is 316 g/mol. The van der Waals surface area contributed by atoms with E-state index in [1.54, 1.807) is 6.92 Å². The zero-order chi connectivity index (χ0) is 17.5. The number of carbonyl (C=O) groups is 1. The first kappa shape index (κ1) is 21.3. The molecule has 0 bridgehead atoms. The first-order chi connectivity index (χ1) is 11.2. The molecule has 0 fully saturated rings. The summed E-state index contributed by atoms with van der Waals surface area (Å²) in [7, 11) is 1.50. The fraction of sp³-hybridized carbons (Fsp3) is 0.450. The molecular weight excluding hydrogens is 284 g/mol. The highest BCUT2D eigenvalue weighted by molar-refractivity contribution is 5.82. The van der Waals surface area contributed by atoms with E-state index < -0.39 is 0 Å². The molecule has 0 heterocycles. The van der Waals surface area contributed by atoms with Crippen LogP contribution in [0, 0.1) is 0 Å². The lowest BCUT2D eigenvalue weighted by molar-refractivity contribution is -0.117. The lowest BCUT2D eigenvalue weighted by atomic mass is 10.1. The lowest BCUT2D eigenvalue weighted by Gasteiger charge is -2.16. The first-order valence-electron chi connectivity index (χ1n) is 8.40. The van der Waals surface area contributed by atoms with Crippen LogP contribution in [0.15, 0.2) is 48.5 Å². The number of rotatable bonds is 6. The van der Waals surface area contributed by atoms with Crippen molar-refractivity contribution in [3.8, 4) is 0 Å². The predicted molar refractivity (Wildman–Crippen MR) is 102 cm³/mol. The second kappa shape index (κ2) is 13.9. The van der Waals surface area contributed by atoms with Crippen LogP contribution in [0.3, 0.4) is 0 Å². The normalized spacial score (nSPS) is 9.65. The molecule has 2 aromatic carbocycles. The van der Waals surface area contributed by atoms with E-state index >= 15 is 0 Å². The zero-order valence-corrected chi connectivity index (χ0v) is 15.1. The third-order valence-corrected chi connectivity index (χ3v) is 3.56. The summed E-state index contributed by atoms with van der Waals surface area (Å²) in [5.74, 6) is 0.303. The Morgan fingerprint density at radius 3 is 1.61 bits per heavy atom. The van der Waals surface area contributed by atoms with Crippen LogP contribution in [0.2, 0.25) is 0 Å². The fourth-order valence-corrected chi connectivity index (χ4v) is 2.22. The second-order valence-electron chi connectivity index (χ2n) is 5.18. The van der Waals surface area contributed by atoms with Crippen LogP contribution in [-0.4, -0.2) is 37.4 Å². The van der Waals surface area contributed by atoms with Crippen molar-refractivity contribution in [3.63, 3.8) is 0 Å². The predicted octanol–water partition coefficient (Wildman–Crippen LogP) is 4.11. The molecule has 3 nitrogen and oxygen atoms in total. The van der Waals surface area contributed by atoms with Gasteiger partial charge in [0.25, 0.3) is 0 Å². The van der Waals surface area contributed by atoms with Crippen LogP contribution in [0.5, 0.6) is 0 Å². The number of carbonyl (C=O) groups excluding carboxylic acids is 1. The highest BCUT2D eigenvalue weighted by Gasteiger charge is 1.99. The van der Waals surface area contributed by atoms with Crippen molar-refractivity contribution in [2.45, 2.75) is 33.6 Å². The van der Waals surface area contributed by atoms with Crippen LogP contribution in [-0.2, 0) is 4.79 Å². The van der Waals surface area contributed by atoms with Gasteiger partial charge in [-0.3, -0.25) is 0 Å². The van der Waals surface area contributed by atoms with Gasteiger partial charge in [-0.1, -0.05) is 62.4 Å². The van der Waals surface area contributed by atoms with E-state index in [0.717, 1.165) is 32.5 Å². The molecule has 0 aromatic heterocycles. The summed E-state index contributed by atoms with van der Waals surface area (Å²) >= 11 is 0. The van der Waals surface area contributed by atoms with Gasteiger partial charge in [0.1, 0.15) is 5.78 Å². The van der Waals surface area contributed by atoms with E-state index in [4.69, 9.17) is 0 Å². The molecule has 128 valence electrons. The van der Waals surface area contributed by atoms with Gasteiger partial charge in [-0.2, -0.15) is 0 Å². The van der Waals surface area contributed by atoms with Crippen LogP contribution in [0.4, 0.5) is 0 Å². The van der Waals surface area contributed by atoms with E-state index in [2.05, 4.69) is 73.0 Å². The molecular formula is C20H32N2O. The van der Waals surface area contributed by atoms with Crippen LogP contribution in [0.1, 0.15) is 33.6 Å². The van der Waals surface area contributed by atoms with Crippen molar-refractivity contribution in [1.29, 1.82) is 0 Å². The van der Waals surface area contributed by atoms with E-state index in [9.17, 15) is 4.79 Å². The monoisotopic (exact) mass is 316 g/mol. The quantitative estimate of drug-likeness (QED) is 0.872. The summed E-state index contributed by atoms with van der Waals surface area (Å²) in [6.07, 6.45) is 1.74. The van der Waals surface area contributed by atoms with Gasteiger partial charge in [0.05, 0.1) is 0 Å². The van der Waals surface area contributed by atoms with Crippen molar-refractivity contribution in [2.75, 3.05) is 26.7 Å². The van der Waals surface area contributed by atoms with Gasteiger partial charge in [0, 0.05) is 6.42 Å². The number of ketones is 1. The summed E-state index contributed by atoms with van der Waals surface area (Å²) in [5, 5.41) is 2.62. The Kier molecular flexibility index (Phi) is 12.9. The maximum atomic E-state index is 10.6. The summed E-state index contributed by atoms with van der Waals surface area (Å²) < 4.78 is 0. The Morgan fingerprint density at radius 2 is 1.30 bits per heavy atom. The Balaban J connectivity index is 0.000000380. The Morgan fingerprint density at radius 1 is 0.913 bits per heavy atom. The Bertz CT molecular complexity index is 470. The molecule has 0 amide bonds. The largest absolute Gasteiger partial charge is 0.333 e. The van der Waals surface area contributed by atoms with Crippen molar-refractivity contribution in [3.05, 3.63) is 48.5 Å². The molecule has 0 saturated carbocycles. The molecule has 2 rings (SSSR count). The van der Waals surface area contributed by atoms with Crippen molar-refractivity contribution >= 4 is 16.6 Å². The topological polar surface area (TPSA) is 46.3 Å². The fourth-order valence-electron chi connectivity index (χ4n) is 2.22. The van der Waals surface area contributed by atoms with Crippen LogP contribution < -0.4 is 5.73 Å². The average Bonchev–Trinajstić information content (AvgIpc) is 2.61. The van der Waals surface area contributed by atoms with Gasteiger partial charge in [-0.25, -0.2) is 0 Å². The van der Waals surface area contributed by atoms with Crippen molar-refractivity contribution in [2.24, 2.45) is 5.73 Å². The summed E-state index contributed by atoms with van der Waals surface area (Å²) in [6, 6.07) is 16.7. The molecule has 0 atom stereocenters. The molecule has 0 aliphatic rings. The minimum atomic E-state index is 0.303. The summed E-state index contributed by atoms with van der Waals surface area (Å²) in [6.45, 7) is 9.20. The number of nitrogens with zero attached hydrogens (tertiary/aromatic N) is 1. The summed E-state index contributed by atoms with van der Waals surface area (Å²) in [4.78, 5) is 12.9. The van der Waals surface area contributed by atoms with Gasteiger partial charge >= 0.3 is 0 Å². The van der Waals surface area contributed by atoms with Gasteiger partial charge in [-0.05, 0) is 50.8 Å². The standard InChI is InChI=1S/C10H8.C9H19NO.CH5N/c1-2-6-10-8-4-3-7-9(10)5-1;1-4-10(5-2)8-6-7-9(3)11;1-2/h1-8H;4-8H2,1-3H3;2H2,1H3. The van der Waals surface area contributed by atoms with Crippen molar-refractivity contribution < 1.29 is 4.79 Å². The number of nitrogens with two attached hydrogens (primary N) is 1. The molecule has 0 radical (unpaired) electrons. The van der Waals surface area contributed by atoms with Crippen LogP contribution >= 0.6 is 0 Å². The smallest absolute Gasteiger partial charge is 0.129 e. The minimum Gasteiger partial charge on any atom is -0.333 e. The molecule has 3 heteroatoms. The lowest BCUT2D eigenvalue weighted by Crippen LogP contribution is -2.24. The Labute approximate surface area is 141 Å². The zero-order valence-electron chi connectivity index (χ0n) is 15.1. The number of fused-ring (bicyclic) bond motifs is 1. The van der Waals surface area contributed by atoms with E-state index in [1.165, 1.54) is 17.8 Å². The first-order valence-corrected chi connectivity index (χ1v) is 8.40. The van der Waals surface area contributed by atoms with Crippen molar-refractivity contribution in [1.82, 2.24) is 4.90 Å². The van der Waals surface area contributed by atoms with E-state index in [-0.39, 0.29) is 0 Å². The van der Waals surface area contributed by atoms with Gasteiger partial charge in [0.15, 0.2) is 0 Å². The molecule has 0 unspecified atom stereocenters. The highest BCUT2D eigenvalue weighted by Crippen LogP contribution is 2.11. The third kappa shape index (κ3) is 9.82. The maximum Gasteiger partial charge on any atom is 0.129 e. The molecule has 0 spiro atoms. The summed E-state index contributed by atoms with van der Waals surface area (Å²) in [5.41, 5.74) is 4.50. The van der Waals surface area contributed by atoms with E-state index in [1.807, 2.05) is 0 Å². The van der Waals surface area contributed by atoms with Gasteiger partial charge < -0.3 is 15.4 Å². The highest BCUT2D eigenvalue weighted by atomic mass is 16.1.